The predicted molar refractivity (Wildman–Crippen MR) is 119 cm³/mol. The van der Waals surface area contributed by atoms with Gasteiger partial charge < -0.3 is 14.6 Å². The summed E-state index contributed by atoms with van der Waals surface area (Å²) in [6, 6.07) is 21.9. The number of ether oxygens (including phenoxy) is 2. The monoisotopic (exact) mass is 439 g/mol. The van der Waals surface area contributed by atoms with E-state index >= 15 is 0 Å². The zero-order valence-electron chi connectivity index (χ0n) is 16.5. The molecule has 0 atom stereocenters. The van der Waals surface area contributed by atoms with Gasteiger partial charge in [-0.25, -0.2) is 13.2 Å². The van der Waals surface area contributed by atoms with Gasteiger partial charge in [0, 0.05) is 5.69 Å². The molecule has 0 heterocycles. The van der Waals surface area contributed by atoms with E-state index in [2.05, 4.69) is 4.72 Å². The maximum Gasteiger partial charge on any atom is 0.339 e. The number of sulfonamides is 1. The fourth-order valence-corrected chi connectivity index (χ4v) is 3.50. The van der Waals surface area contributed by atoms with Crippen molar-refractivity contribution in [2.75, 3.05) is 17.9 Å². The van der Waals surface area contributed by atoms with E-state index in [1.54, 1.807) is 42.5 Å². The van der Waals surface area contributed by atoms with Crippen molar-refractivity contribution in [1.29, 1.82) is 0 Å². The summed E-state index contributed by atoms with van der Waals surface area (Å²) in [5, 5.41) is 10.2. The minimum Gasteiger partial charge on any atom is -0.490 e. The molecule has 0 radical (unpaired) electrons. The molecule has 160 valence electrons. The van der Waals surface area contributed by atoms with Gasteiger partial charge in [0.15, 0.2) is 0 Å². The van der Waals surface area contributed by atoms with E-state index in [4.69, 9.17) is 14.6 Å². The molecule has 3 aromatic rings. The number of nitrogens with one attached hydrogen (secondary N) is 1. The van der Waals surface area contributed by atoms with E-state index < -0.39 is 16.0 Å². The topological polar surface area (TPSA) is 102 Å². The van der Waals surface area contributed by atoms with Gasteiger partial charge in [-0.1, -0.05) is 42.5 Å². The third-order valence-corrected chi connectivity index (χ3v) is 5.10. The number of para-hydroxylation sites is 1. The molecule has 0 aliphatic carbocycles. The number of hydrogen-bond acceptors (Lipinski definition) is 5. The summed E-state index contributed by atoms with van der Waals surface area (Å²) in [7, 11) is -3.65. The number of benzene rings is 3. The maximum absolute atomic E-state index is 12.2. The van der Waals surface area contributed by atoms with Crippen molar-refractivity contribution in [3.63, 3.8) is 0 Å². The molecule has 0 amide bonds. The van der Waals surface area contributed by atoms with E-state index in [1.165, 1.54) is 12.1 Å². The van der Waals surface area contributed by atoms with Crippen LogP contribution in [0.4, 0.5) is 5.69 Å². The molecule has 0 spiro atoms. The second-order valence-corrected chi connectivity index (χ2v) is 7.95. The normalized spacial score (nSPS) is 11.2. The first kappa shape index (κ1) is 21.9. The fraction of sp³-hybridized carbons (Fsp3) is 0.0870. The first-order chi connectivity index (χ1) is 14.9. The standard InChI is InChI=1S/C23H21NO6S/c25-23(26)21-8-4-5-9-22(21)30-16-15-29-20-12-10-19(11-13-20)24-31(27,28)17-14-18-6-2-1-3-7-18/h1-14,17,24H,15-16H2,(H,25,26). The van der Waals surface area contributed by atoms with Gasteiger partial charge in [0.25, 0.3) is 10.0 Å². The van der Waals surface area contributed by atoms with Crippen LogP contribution in [0, 0.1) is 0 Å². The summed E-state index contributed by atoms with van der Waals surface area (Å²) in [6.45, 7) is 0.349. The minimum absolute atomic E-state index is 0.0838. The third kappa shape index (κ3) is 6.90. The molecule has 31 heavy (non-hydrogen) atoms. The van der Waals surface area contributed by atoms with Gasteiger partial charge in [-0.05, 0) is 48.0 Å². The van der Waals surface area contributed by atoms with Gasteiger partial charge in [0.05, 0.1) is 5.41 Å². The second kappa shape index (κ2) is 10.3. The van der Waals surface area contributed by atoms with Crippen LogP contribution in [0.25, 0.3) is 6.08 Å². The molecule has 3 aromatic carbocycles. The van der Waals surface area contributed by atoms with Crippen LogP contribution in [0.5, 0.6) is 11.5 Å². The predicted octanol–water partition coefficient (Wildman–Crippen LogP) is 4.26. The molecule has 0 saturated heterocycles. The number of carboxylic acids is 1. The highest BCUT2D eigenvalue weighted by molar-refractivity contribution is 7.95. The summed E-state index contributed by atoms with van der Waals surface area (Å²) in [5.41, 5.74) is 1.27. The molecular formula is C23H21NO6S. The van der Waals surface area contributed by atoms with Gasteiger partial charge in [-0.15, -0.1) is 0 Å². The van der Waals surface area contributed by atoms with E-state index in [-0.39, 0.29) is 24.5 Å². The molecule has 0 unspecified atom stereocenters. The van der Waals surface area contributed by atoms with Crippen LogP contribution in [-0.4, -0.2) is 32.7 Å². The molecule has 7 nitrogen and oxygen atoms in total. The Morgan fingerprint density at radius 2 is 1.52 bits per heavy atom. The maximum atomic E-state index is 12.2. The van der Waals surface area contributed by atoms with Crippen LogP contribution < -0.4 is 14.2 Å². The van der Waals surface area contributed by atoms with Gasteiger partial charge in [-0.2, -0.15) is 0 Å². The van der Waals surface area contributed by atoms with Crippen molar-refractivity contribution in [3.05, 3.63) is 95.4 Å². The molecule has 8 heteroatoms. The van der Waals surface area contributed by atoms with Crippen LogP contribution in [-0.2, 0) is 10.0 Å². The van der Waals surface area contributed by atoms with E-state index in [0.717, 1.165) is 11.0 Å². The number of hydrogen-bond donors (Lipinski definition) is 2. The molecule has 0 aromatic heterocycles. The highest BCUT2D eigenvalue weighted by Gasteiger charge is 2.10. The van der Waals surface area contributed by atoms with Crippen molar-refractivity contribution in [3.8, 4) is 11.5 Å². The lowest BCUT2D eigenvalue weighted by Crippen LogP contribution is -2.11. The van der Waals surface area contributed by atoms with Crippen LogP contribution >= 0.6 is 0 Å². The quantitative estimate of drug-likeness (QED) is 0.458. The number of aromatic carboxylic acids is 1. The summed E-state index contributed by atoms with van der Waals surface area (Å²) in [4.78, 5) is 11.2. The van der Waals surface area contributed by atoms with Crippen LogP contribution in [0.15, 0.2) is 84.3 Å². The Labute approximate surface area is 180 Å². The van der Waals surface area contributed by atoms with Gasteiger partial charge in [0.2, 0.25) is 0 Å². The largest absolute Gasteiger partial charge is 0.490 e. The molecule has 3 rings (SSSR count). The molecule has 0 bridgehead atoms. The lowest BCUT2D eigenvalue weighted by Gasteiger charge is -2.11. The minimum atomic E-state index is -3.65. The number of carbonyl (C=O) groups is 1. The Kier molecular flexibility index (Phi) is 7.29. The molecular weight excluding hydrogens is 418 g/mol. The lowest BCUT2D eigenvalue weighted by molar-refractivity contribution is 0.0691. The van der Waals surface area contributed by atoms with Crippen molar-refractivity contribution in [2.24, 2.45) is 0 Å². The lowest BCUT2D eigenvalue weighted by atomic mass is 10.2. The van der Waals surface area contributed by atoms with Crippen molar-refractivity contribution >= 4 is 27.8 Å². The Morgan fingerprint density at radius 1 is 0.871 bits per heavy atom. The SMILES string of the molecule is O=C(O)c1ccccc1OCCOc1ccc(NS(=O)(=O)C=Cc2ccccc2)cc1. The zero-order valence-corrected chi connectivity index (χ0v) is 17.3. The molecule has 2 N–H and O–H groups in total. The molecule has 0 saturated carbocycles. The van der Waals surface area contributed by atoms with E-state index in [9.17, 15) is 13.2 Å². The van der Waals surface area contributed by atoms with Gasteiger partial charge in [0.1, 0.15) is 30.3 Å². The van der Waals surface area contributed by atoms with Crippen molar-refractivity contribution in [2.45, 2.75) is 0 Å². The summed E-state index contributed by atoms with van der Waals surface area (Å²) < 4.78 is 37.9. The average Bonchev–Trinajstić information content (AvgIpc) is 2.77. The number of rotatable bonds is 10. The third-order valence-electron chi connectivity index (χ3n) is 4.08. The van der Waals surface area contributed by atoms with Crippen LogP contribution in [0.2, 0.25) is 0 Å². The Balaban J connectivity index is 1.49. The highest BCUT2D eigenvalue weighted by atomic mass is 32.2. The Bertz CT molecular complexity index is 1140. The van der Waals surface area contributed by atoms with Crippen molar-refractivity contribution in [1.82, 2.24) is 0 Å². The fourth-order valence-electron chi connectivity index (χ4n) is 2.63. The van der Waals surface area contributed by atoms with Crippen LogP contribution in [0.1, 0.15) is 15.9 Å². The average molecular weight is 439 g/mol. The number of anilines is 1. The molecule has 0 fully saturated rings. The van der Waals surface area contributed by atoms with E-state index in [1.807, 2.05) is 30.3 Å². The highest BCUT2D eigenvalue weighted by Crippen LogP contribution is 2.19. The van der Waals surface area contributed by atoms with Gasteiger partial charge >= 0.3 is 5.97 Å². The Morgan fingerprint density at radius 3 is 2.23 bits per heavy atom. The summed E-state index contributed by atoms with van der Waals surface area (Å²) >= 11 is 0. The first-order valence-corrected chi connectivity index (χ1v) is 10.9. The summed E-state index contributed by atoms with van der Waals surface area (Å²) in [5.74, 6) is -0.266. The van der Waals surface area contributed by atoms with E-state index in [0.29, 0.717) is 11.4 Å². The smallest absolute Gasteiger partial charge is 0.339 e. The molecule has 0 aliphatic heterocycles. The first-order valence-electron chi connectivity index (χ1n) is 9.37. The van der Waals surface area contributed by atoms with Crippen LogP contribution in [0.3, 0.4) is 0 Å². The van der Waals surface area contributed by atoms with Crippen molar-refractivity contribution < 1.29 is 27.8 Å². The summed E-state index contributed by atoms with van der Waals surface area (Å²) in [6.07, 6.45) is 1.52. The zero-order chi connectivity index (χ0) is 22.1. The van der Waals surface area contributed by atoms with Gasteiger partial charge in [-0.3, -0.25) is 4.72 Å². The molecule has 0 aliphatic rings. The number of carboxylic acid groups (broad SMARTS) is 1. The Hall–Kier alpha value is -3.78. The second-order valence-electron chi connectivity index (χ2n) is 6.38.